The Bertz CT molecular complexity index is 5030. The molecular formula is C82H63BN4O2. The monoisotopic (exact) mass is 1150 g/mol. The molecule has 0 N–H and O–H groups in total. The third-order valence-corrected chi connectivity index (χ3v) is 18.7. The van der Waals surface area contributed by atoms with Gasteiger partial charge in [-0.2, -0.15) is 0 Å². The van der Waals surface area contributed by atoms with Crippen molar-refractivity contribution in [3.63, 3.8) is 0 Å². The Hall–Kier alpha value is -10.8. The zero-order valence-corrected chi connectivity index (χ0v) is 50.7. The highest BCUT2D eigenvalue weighted by Crippen LogP contribution is 2.49. The molecule has 3 aromatic heterocycles. The molecule has 0 spiro atoms. The summed E-state index contributed by atoms with van der Waals surface area (Å²) in [6, 6.07) is 99.8. The van der Waals surface area contributed by atoms with Crippen LogP contribution in [0.25, 0.3) is 88.4 Å². The molecule has 12 aromatic carbocycles. The Morgan fingerprint density at radius 3 is 1.26 bits per heavy atom. The van der Waals surface area contributed by atoms with E-state index in [1.807, 2.05) is 0 Å². The third-order valence-electron chi connectivity index (χ3n) is 18.7. The molecule has 0 aliphatic carbocycles. The van der Waals surface area contributed by atoms with Gasteiger partial charge in [0.25, 0.3) is 6.71 Å². The normalized spacial score (nSPS) is 12.9. The van der Waals surface area contributed by atoms with E-state index in [2.05, 4.69) is 333 Å². The summed E-state index contributed by atoms with van der Waals surface area (Å²) in [5.74, 6) is 3.38. The number of furan rings is 1. The van der Waals surface area contributed by atoms with Crippen molar-refractivity contribution >= 4 is 112 Å². The molecule has 15 aromatic rings. The fourth-order valence-electron chi connectivity index (χ4n) is 14.3. The number of hydrogen-bond acceptors (Lipinski definition) is 4. The van der Waals surface area contributed by atoms with Gasteiger partial charge in [-0.25, -0.2) is 0 Å². The van der Waals surface area contributed by atoms with E-state index in [0.717, 1.165) is 101 Å². The molecule has 89 heavy (non-hydrogen) atoms. The van der Waals surface area contributed by atoms with Crippen LogP contribution in [0.15, 0.2) is 277 Å². The van der Waals surface area contributed by atoms with Crippen molar-refractivity contribution in [1.82, 2.24) is 9.13 Å². The number of anilines is 6. The molecule has 426 valence electrons. The number of benzene rings is 12. The number of ether oxygens (including phenoxy) is 1. The average molecular weight is 1150 g/mol. The Morgan fingerprint density at radius 1 is 0.337 bits per heavy atom. The van der Waals surface area contributed by atoms with Crippen molar-refractivity contribution in [3.8, 4) is 45.5 Å². The van der Waals surface area contributed by atoms with Gasteiger partial charge in [-0.15, -0.1) is 0 Å². The van der Waals surface area contributed by atoms with Crippen molar-refractivity contribution in [3.05, 3.63) is 284 Å². The smallest absolute Gasteiger partial charge is 0.256 e. The van der Waals surface area contributed by atoms with Gasteiger partial charge < -0.3 is 28.1 Å². The van der Waals surface area contributed by atoms with Crippen LogP contribution >= 0.6 is 0 Å². The average Bonchev–Trinajstić information content (AvgIpc) is 1.22. The molecule has 17 rings (SSSR count). The molecule has 0 bridgehead atoms. The first-order chi connectivity index (χ1) is 43.4. The van der Waals surface area contributed by atoms with Crippen LogP contribution in [-0.2, 0) is 10.8 Å². The first-order valence-electron chi connectivity index (χ1n) is 31.0. The Labute approximate surface area is 518 Å². The van der Waals surface area contributed by atoms with Crippen molar-refractivity contribution < 1.29 is 9.15 Å². The van der Waals surface area contributed by atoms with Gasteiger partial charge in [-0.3, -0.25) is 0 Å². The lowest BCUT2D eigenvalue weighted by Gasteiger charge is -2.41. The van der Waals surface area contributed by atoms with Gasteiger partial charge in [-0.1, -0.05) is 199 Å². The SMILES string of the molecule is CC(C)(C)c1ccc(N2c3cc4c(-c5ccccc5)oc(-c5ccccc5)c4cc3B3c4ccc(N(c5ccc(-n6c7ccccc7c7ccccc76)cc5)c5ccc(-n6c7ccccc7c7ccccc76)cc5)cc4Oc4cc(C(C)(C)C)cc2c43)cc1. The second-order valence-electron chi connectivity index (χ2n) is 26.1. The van der Waals surface area contributed by atoms with E-state index in [1.165, 1.54) is 60.2 Å². The summed E-state index contributed by atoms with van der Waals surface area (Å²) in [6.45, 7) is 13.6. The minimum atomic E-state index is -0.207. The van der Waals surface area contributed by atoms with Gasteiger partial charge in [0.2, 0.25) is 0 Å². The molecule has 2 aliphatic rings. The van der Waals surface area contributed by atoms with Crippen LogP contribution in [-0.4, -0.2) is 15.8 Å². The zero-order valence-electron chi connectivity index (χ0n) is 50.7. The first kappa shape index (κ1) is 52.6. The topological polar surface area (TPSA) is 38.7 Å². The summed E-state index contributed by atoms with van der Waals surface area (Å²) in [5.41, 5.74) is 21.0. The van der Waals surface area contributed by atoms with Gasteiger partial charge in [0.05, 0.1) is 22.1 Å². The predicted molar refractivity (Wildman–Crippen MR) is 374 cm³/mol. The van der Waals surface area contributed by atoms with E-state index in [1.54, 1.807) is 0 Å². The second-order valence-corrected chi connectivity index (χ2v) is 26.1. The van der Waals surface area contributed by atoms with Crippen LogP contribution in [0.5, 0.6) is 11.5 Å². The van der Waals surface area contributed by atoms with Gasteiger partial charge >= 0.3 is 0 Å². The minimum absolute atomic E-state index is 0.0179. The van der Waals surface area contributed by atoms with Crippen molar-refractivity contribution in [2.45, 2.75) is 52.4 Å². The molecule has 0 atom stereocenters. The number of para-hydroxylation sites is 4. The summed E-state index contributed by atoms with van der Waals surface area (Å²) in [7, 11) is 0. The Balaban J connectivity index is 0.875. The number of nitrogens with zero attached hydrogens (tertiary/aromatic N) is 4. The van der Waals surface area contributed by atoms with E-state index >= 15 is 0 Å². The maximum Gasteiger partial charge on any atom is 0.256 e. The lowest BCUT2D eigenvalue weighted by molar-refractivity contribution is 0.483. The highest BCUT2D eigenvalue weighted by atomic mass is 16.5. The predicted octanol–water partition coefficient (Wildman–Crippen LogP) is 20.4. The van der Waals surface area contributed by atoms with E-state index in [0.29, 0.717) is 0 Å². The standard InChI is InChI=1S/C82H63BN4O2/c1-81(2,3)54-33-35-58(36-34-54)87-74-51-67-66(79(52-21-9-7-10-22-52)89-80(67)53-23-11-8-12-24-53)50-69(74)83-68-46-45-61(49-76(68)88-77-48-55(82(4,5)6)47-75(87)78(77)83)84(56-37-41-59(42-38-56)85-70-29-17-13-25-62(70)63-26-14-18-30-71(63)85)57-39-43-60(44-40-57)86-72-31-19-15-27-64(72)65-28-16-20-32-73(65)86/h7-51H,1-6H3. The van der Waals surface area contributed by atoms with E-state index in [-0.39, 0.29) is 17.5 Å². The molecule has 0 fully saturated rings. The molecule has 0 unspecified atom stereocenters. The number of aromatic nitrogens is 2. The number of hydrogen-bond donors (Lipinski definition) is 0. The lowest BCUT2D eigenvalue weighted by Crippen LogP contribution is -2.59. The maximum absolute atomic E-state index is 7.55. The van der Waals surface area contributed by atoms with Crippen LogP contribution in [0.2, 0.25) is 0 Å². The lowest BCUT2D eigenvalue weighted by atomic mass is 9.34. The zero-order chi connectivity index (χ0) is 59.9. The molecule has 0 saturated carbocycles. The second kappa shape index (κ2) is 19.9. The summed E-state index contributed by atoms with van der Waals surface area (Å²) in [5, 5.41) is 7.08. The van der Waals surface area contributed by atoms with Gasteiger partial charge in [-0.05, 0) is 148 Å². The summed E-state index contributed by atoms with van der Waals surface area (Å²) in [4.78, 5) is 4.87. The third kappa shape index (κ3) is 8.40. The molecule has 2 aliphatic heterocycles. The quantitative estimate of drug-likeness (QED) is 0.142. The van der Waals surface area contributed by atoms with E-state index in [4.69, 9.17) is 9.15 Å². The number of rotatable bonds is 8. The van der Waals surface area contributed by atoms with Gasteiger partial charge in [0.1, 0.15) is 23.0 Å². The summed E-state index contributed by atoms with van der Waals surface area (Å²) >= 11 is 0. The molecular weight excluding hydrogens is 1080 g/mol. The minimum Gasteiger partial charge on any atom is -0.458 e. The van der Waals surface area contributed by atoms with Crippen molar-refractivity contribution in [2.75, 3.05) is 9.80 Å². The Kier molecular flexibility index (Phi) is 11.7. The number of fused-ring (bicyclic) bond motifs is 11. The van der Waals surface area contributed by atoms with Crippen LogP contribution < -0.4 is 30.9 Å². The van der Waals surface area contributed by atoms with Crippen molar-refractivity contribution in [2.24, 2.45) is 0 Å². The van der Waals surface area contributed by atoms with Crippen LogP contribution in [0.3, 0.4) is 0 Å². The fraction of sp³-hybridized carbons (Fsp3) is 0.0976. The van der Waals surface area contributed by atoms with Crippen LogP contribution in [0.1, 0.15) is 52.7 Å². The van der Waals surface area contributed by atoms with Crippen LogP contribution in [0.4, 0.5) is 34.1 Å². The highest BCUT2D eigenvalue weighted by molar-refractivity contribution is 6.99. The molecule has 0 amide bonds. The molecule has 7 heteroatoms. The molecule has 0 radical (unpaired) electrons. The van der Waals surface area contributed by atoms with Crippen LogP contribution in [0, 0.1) is 0 Å². The first-order valence-corrected chi connectivity index (χ1v) is 31.0. The molecule has 5 heterocycles. The fourth-order valence-corrected chi connectivity index (χ4v) is 14.3. The summed E-state index contributed by atoms with van der Waals surface area (Å²) in [6.07, 6.45) is 0. The largest absolute Gasteiger partial charge is 0.458 e. The van der Waals surface area contributed by atoms with Gasteiger partial charge in [0.15, 0.2) is 0 Å². The van der Waals surface area contributed by atoms with E-state index in [9.17, 15) is 0 Å². The van der Waals surface area contributed by atoms with Gasteiger partial charge in [0, 0.05) is 95.0 Å². The Morgan fingerprint density at radius 2 is 0.775 bits per heavy atom. The molecule has 6 nitrogen and oxygen atoms in total. The molecule has 0 saturated heterocycles. The van der Waals surface area contributed by atoms with E-state index < -0.39 is 0 Å². The highest BCUT2D eigenvalue weighted by Gasteiger charge is 2.44. The summed E-state index contributed by atoms with van der Waals surface area (Å²) < 4.78 is 19.5. The maximum atomic E-state index is 7.55. The van der Waals surface area contributed by atoms with Crippen molar-refractivity contribution in [1.29, 1.82) is 0 Å².